The molecule has 0 saturated heterocycles. The summed E-state index contributed by atoms with van der Waals surface area (Å²) >= 11 is 3.96. The SMILES string of the molecule is CC(C)C(NC(=O)C(Cc1cnc[nH]1)NC(=O)C(N)CS)C(=O)NCC(=O)O. The molecule has 0 aliphatic heterocycles. The number of amides is 3. The minimum absolute atomic E-state index is 0.0937. The number of hydrogen-bond acceptors (Lipinski definition) is 7. The number of H-pyrrole nitrogens is 1. The first-order valence-electron chi connectivity index (χ1n) is 8.59. The van der Waals surface area contributed by atoms with Crippen LogP contribution >= 0.6 is 12.6 Å². The number of carboxylic acid groups (broad SMARTS) is 1. The maximum atomic E-state index is 12.8. The molecule has 0 aliphatic rings. The Bertz CT molecular complexity index is 681. The molecule has 7 N–H and O–H groups in total. The van der Waals surface area contributed by atoms with Crippen LogP contribution in [0, 0.1) is 5.92 Å². The van der Waals surface area contributed by atoms with Crippen molar-refractivity contribution in [3.63, 3.8) is 0 Å². The van der Waals surface area contributed by atoms with E-state index in [4.69, 9.17) is 10.8 Å². The molecular formula is C16H26N6O5S. The van der Waals surface area contributed by atoms with Crippen molar-refractivity contribution < 1.29 is 24.3 Å². The highest BCUT2D eigenvalue weighted by atomic mass is 32.1. The van der Waals surface area contributed by atoms with Gasteiger partial charge in [-0.2, -0.15) is 12.6 Å². The fraction of sp³-hybridized carbons (Fsp3) is 0.562. The summed E-state index contributed by atoms with van der Waals surface area (Å²) < 4.78 is 0. The molecule has 3 amide bonds. The Morgan fingerprint density at radius 3 is 2.39 bits per heavy atom. The molecule has 1 aromatic heterocycles. The number of nitrogens with one attached hydrogen (secondary N) is 4. The predicted octanol–water partition coefficient (Wildman–Crippen LogP) is -1.96. The number of carbonyl (C=O) groups excluding carboxylic acids is 3. The van der Waals surface area contributed by atoms with Crippen molar-refractivity contribution in [3.05, 3.63) is 18.2 Å². The minimum atomic E-state index is -1.20. The molecule has 1 aromatic rings. The molecule has 11 nitrogen and oxygen atoms in total. The number of aromatic nitrogens is 2. The molecule has 0 aliphatic carbocycles. The van der Waals surface area contributed by atoms with Crippen LogP contribution in [0.2, 0.25) is 0 Å². The van der Waals surface area contributed by atoms with E-state index < -0.39 is 48.4 Å². The first kappa shape index (κ1) is 23.4. The summed E-state index contributed by atoms with van der Waals surface area (Å²) in [5.74, 6) is -3.24. The monoisotopic (exact) mass is 414 g/mol. The van der Waals surface area contributed by atoms with E-state index in [0.29, 0.717) is 5.69 Å². The lowest BCUT2D eigenvalue weighted by atomic mass is 10.0. The number of rotatable bonds is 11. The molecule has 0 fully saturated rings. The van der Waals surface area contributed by atoms with Crippen molar-refractivity contribution in [2.75, 3.05) is 12.3 Å². The maximum Gasteiger partial charge on any atom is 0.322 e. The zero-order valence-corrected chi connectivity index (χ0v) is 16.5. The third kappa shape index (κ3) is 7.56. The second kappa shape index (κ2) is 11.3. The molecule has 0 aromatic carbocycles. The number of hydrogen-bond donors (Lipinski definition) is 7. The van der Waals surface area contributed by atoms with Gasteiger partial charge in [-0.1, -0.05) is 13.8 Å². The van der Waals surface area contributed by atoms with Gasteiger partial charge in [0.1, 0.15) is 18.6 Å². The number of carbonyl (C=O) groups is 4. The predicted molar refractivity (Wildman–Crippen MR) is 103 cm³/mol. The van der Waals surface area contributed by atoms with Crippen molar-refractivity contribution in [3.8, 4) is 0 Å². The number of aliphatic carboxylic acids is 1. The van der Waals surface area contributed by atoms with Gasteiger partial charge >= 0.3 is 5.97 Å². The normalized spacial score (nSPS) is 14.0. The van der Waals surface area contributed by atoms with Crippen LogP contribution in [0.5, 0.6) is 0 Å². The van der Waals surface area contributed by atoms with Crippen LogP contribution in [0.25, 0.3) is 0 Å². The van der Waals surface area contributed by atoms with Crippen LogP contribution in [0.4, 0.5) is 0 Å². The van der Waals surface area contributed by atoms with Crippen LogP contribution in [0.1, 0.15) is 19.5 Å². The number of thiol groups is 1. The highest BCUT2D eigenvalue weighted by molar-refractivity contribution is 7.80. The van der Waals surface area contributed by atoms with Gasteiger partial charge in [-0.15, -0.1) is 0 Å². The van der Waals surface area contributed by atoms with Crippen LogP contribution in [-0.4, -0.2) is 69.2 Å². The molecule has 0 bridgehead atoms. The topological polar surface area (TPSA) is 179 Å². The van der Waals surface area contributed by atoms with Crippen molar-refractivity contribution in [2.24, 2.45) is 11.7 Å². The Morgan fingerprint density at radius 2 is 1.89 bits per heavy atom. The highest BCUT2D eigenvalue weighted by Crippen LogP contribution is 2.05. The summed E-state index contributed by atoms with van der Waals surface area (Å²) in [5, 5.41) is 16.0. The summed E-state index contributed by atoms with van der Waals surface area (Å²) in [6.07, 6.45) is 3.03. The van der Waals surface area contributed by atoms with Gasteiger partial charge in [0, 0.05) is 24.1 Å². The van der Waals surface area contributed by atoms with E-state index in [2.05, 4.69) is 38.5 Å². The van der Waals surface area contributed by atoms with E-state index in [-0.39, 0.29) is 18.1 Å². The standard InChI is InChI=1S/C16H26N6O5S/c1-8(2)13(16(27)19-5-12(23)24)22-15(26)11(3-9-4-18-7-20-9)21-14(25)10(17)6-28/h4,7-8,10-11,13,28H,3,5-6,17H2,1-2H3,(H,18,20)(H,19,27)(H,21,25)(H,22,26)(H,23,24). The third-order valence-electron chi connectivity index (χ3n) is 3.81. The molecule has 0 spiro atoms. The molecule has 28 heavy (non-hydrogen) atoms. The number of aromatic amines is 1. The lowest BCUT2D eigenvalue weighted by Gasteiger charge is -2.25. The molecule has 0 radical (unpaired) electrons. The lowest BCUT2D eigenvalue weighted by molar-refractivity contribution is -0.139. The second-order valence-electron chi connectivity index (χ2n) is 6.47. The van der Waals surface area contributed by atoms with Crippen molar-refractivity contribution in [1.82, 2.24) is 25.9 Å². The molecule has 3 atom stereocenters. The first-order valence-corrected chi connectivity index (χ1v) is 9.22. The fourth-order valence-corrected chi connectivity index (χ4v) is 2.41. The maximum absolute atomic E-state index is 12.8. The van der Waals surface area contributed by atoms with Crippen LogP contribution in [0.15, 0.2) is 12.5 Å². The molecule has 1 rings (SSSR count). The Labute approximate surface area is 167 Å². The van der Waals surface area contributed by atoms with Gasteiger partial charge in [-0.3, -0.25) is 19.2 Å². The van der Waals surface area contributed by atoms with Crippen LogP contribution in [0.3, 0.4) is 0 Å². The zero-order chi connectivity index (χ0) is 21.3. The molecular weight excluding hydrogens is 388 g/mol. The number of imidazole rings is 1. The van der Waals surface area contributed by atoms with Crippen LogP contribution in [-0.2, 0) is 25.6 Å². The van der Waals surface area contributed by atoms with Crippen LogP contribution < -0.4 is 21.7 Å². The van der Waals surface area contributed by atoms with E-state index in [0.717, 1.165) is 0 Å². The van der Waals surface area contributed by atoms with Gasteiger partial charge < -0.3 is 31.8 Å². The smallest absolute Gasteiger partial charge is 0.322 e. The molecule has 1 heterocycles. The van der Waals surface area contributed by atoms with Gasteiger partial charge in [0.05, 0.1) is 12.4 Å². The van der Waals surface area contributed by atoms with E-state index in [9.17, 15) is 19.2 Å². The summed E-state index contributed by atoms with van der Waals surface area (Å²) in [6, 6.07) is -2.90. The highest BCUT2D eigenvalue weighted by Gasteiger charge is 2.30. The number of nitrogens with zero attached hydrogens (tertiary/aromatic N) is 1. The Balaban J connectivity index is 2.90. The molecule has 156 valence electrons. The van der Waals surface area contributed by atoms with E-state index >= 15 is 0 Å². The average Bonchev–Trinajstić information content (AvgIpc) is 3.15. The Hall–Kier alpha value is -2.60. The molecule has 0 saturated carbocycles. The van der Waals surface area contributed by atoms with E-state index in [1.165, 1.54) is 12.5 Å². The van der Waals surface area contributed by atoms with Crippen molar-refractivity contribution in [2.45, 2.75) is 38.4 Å². The Kier molecular flexibility index (Phi) is 9.45. The largest absolute Gasteiger partial charge is 0.480 e. The van der Waals surface area contributed by atoms with Gasteiger partial charge in [-0.05, 0) is 5.92 Å². The fourth-order valence-electron chi connectivity index (χ4n) is 2.25. The van der Waals surface area contributed by atoms with Gasteiger partial charge in [0.2, 0.25) is 17.7 Å². The second-order valence-corrected chi connectivity index (χ2v) is 6.84. The minimum Gasteiger partial charge on any atom is -0.480 e. The molecule has 3 unspecified atom stereocenters. The summed E-state index contributed by atoms with van der Waals surface area (Å²) in [5.41, 5.74) is 6.24. The van der Waals surface area contributed by atoms with Crippen molar-refractivity contribution >= 4 is 36.3 Å². The number of carboxylic acids is 1. The lowest BCUT2D eigenvalue weighted by Crippen LogP contribution is -2.58. The number of nitrogens with two attached hydrogens (primary N) is 1. The average molecular weight is 414 g/mol. The van der Waals surface area contributed by atoms with Gasteiger partial charge in [-0.25, -0.2) is 4.98 Å². The summed E-state index contributed by atoms with van der Waals surface area (Å²) in [6.45, 7) is 2.83. The van der Waals surface area contributed by atoms with Gasteiger partial charge in [0.15, 0.2) is 0 Å². The first-order chi connectivity index (χ1) is 13.1. The van der Waals surface area contributed by atoms with Gasteiger partial charge in [0.25, 0.3) is 0 Å². The van der Waals surface area contributed by atoms with E-state index in [1.54, 1.807) is 13.8 Å². The summed E-state index contributed by atoms with van der Waals surface area (Å²) in [4.78, 5) is 54.4. The van der Waals surface area contributed by atoms with Crippen molar-refractivity contribution in [1.29, 1.82) is 0 Å². The quantitative estimate of drug-likeness (QED) is 0.205. The third-order valence-corrected chi connectivity index (χ3v) is 4.20. The van der Waals surface area contributed by atoms with E-state index in [1.807, 2.05) is 0 Å². The summed E-state index contributed by atoms with van der Waals surface area (Å²) in [7, 11) is 0. The Morgan fingerprint density at radius 1 is 1.21 bits per heavy atom. The molecule has 12 heteroatoms. The zero-order valence-electron chi connectivity index (χ0n) is 15.6.